The third-order valence-corrected chi connectivity index (χ3v) is 4.25. The second-order valence-electron chi connectivity index (χ2n) is 3.75. The first kappa shape index (κ1) is 10.9. The molecule has 0 bridgehead atoms. The minimum Gasteiger partial charge on any atom is -0.271 e. The molecular weight excluding hydrogens is 362 g/mol. The van der Waals surface area contributed by atoms with E-state index >= 15 is 0 Å². The maximum absolute atomic E-state index is 13.2. The van der Waals surface area contributed by atoms with E-state index in [0.29, 0.717) is 12.3 Å². The van der Waals surface area contributed by atoms with E-state index in [1.165, 1.54) is 0 Å². The van der Waals surface area contributed by atoms with Crippen molar-refractivity contribution in [2.24, 2.45) is 5.92 Å². The number of halogens is 3. The monoisotopic (exact) mass is 372 g/mol. The number of alkyl halides is 2. The third-order valence-electron chi connectivity index (χ3n) is 2.56. The SMILES string of the molecule is F[C@H]1CC(Cn2cc(Br)cn2)C[C@@H]1I. The van der Waals surface area contributed by atoms with E-state index in [1.807, 2.05) is 10.9 Å². The third kappa shape index (κ3) is 2.48. The zero-order valence-electron chi connectivity index (χ0n) is 7.54. The summed E-state index contributed by atoms with van der Waals surface area (Å²) in [6.07, 6.45) is 4.74. The highest BCUT2D eigenvalue weighted by Gasteiger charge is 2.32. The molecule has 3 atom stereocenters. The second kappa shape index (κ2) is 4.47. The standard InChI is InChI=1S/C9H11BrFIN2/c10-7-3-13-14(5-7)4-6-1-8(11)9(12)2-6/h3,5-6,8-9H,1-2,4H2/t6?,8-,9-/m0/s1. The van der Waals surface area contributed by atoms with Gasteiger partial charge in [0.05, 0.1) is 10.7 Å². The molecule has 78 valence electrons. The first-order valence-corrected chi connectivity index (χ1v) is 6.65. The van der Waals surface area contributed by atoms with E-state index in [0.717, 1.165) is 17.4 Å². The molecule has 0 saturated heterocycles. The lowest BCUT2D eigenvalue weighted by atomic mass is 10.1. The van der Waals surface area contributed by atoms with Crippen molar-refractivity contribution in [3.63, 3.8) is 0 Å². The summed E-state index contributed by atoms with van der Waals surface area (Å²) < 4.78 is 16.3. The van der Waals surface area contributed by atoms with Crippen LogP contribution in [0.4, 0.5) is 4.39 Å². The smallest absolute Gasteiger partial charge is 0.112 e. The molecule has 1 heterocycles. The molecule has 0 aliphatic heterocycles. The van der Waals surface area contributed by atoms with Crippen molar-refractivity contribution in [2.45, 2.75) is 29.5 Å². The molecule has 1 saturated carbocycles. The van der Waals surface area contributed by atoms with E-state index < -0.39 is 6.17 Å². The van der Waals surface area contributed by atoms with Crippen LogP contribution in [-0.4, -0.2) is 19.9 Å². The van der Waals surface area contributed by atoms with E-state index in [2.05, 4.69) is 43.6 Å². The van der Waals surface area contributed by atoms with Gasteiger partial charge < -0.3 is 0 Å². The maximum atomic E-state index is 13.2. The fraction of sp³-hybridized carbons (Fsp3) is 0.667. The van der Waals surface area contributed by atoms with Crippen LogP contribution >= 0.6 is 38.5 Å². The van der Waals surface area contributed by atoms with E-state index in [1.54, 1.807) is 6.20 Å². The van der Waals surface area contributed by atoms with Gasteiger partial charge in [-0.2, -0.15) is 5.10 Å². The van der Waals surface area contributed by atoms with E-state index in [-0.39, 0.29) is 3.92 Å². The topological polar surface area (TPSA) is 17.8 Å². The van der Waals surface area contributed by atoms with Gasteiger partial charge >= 0.3 is 0 Å². The number of hydrogen-bond donors (Lipinski definition) is 0. The molecule has 0 amide bonds. The Labute approximate surface area is 105 Å². The Bertz CT molecular complexity index is 308. The van der Waals surface area contributed by atoms with Gasteiger partial charge in [0.2, 0.25) is 0 Å². The average molecular weight is 373 g/mol. The van der Waals surface area contributed by atoms with Gasteiger partial charge in [0.1, 0.15) is 6.17 Å². The van der Waals surface area contributed by atoms with Crippen molar-refractivity contribution in [3.8, 4) is 0 Å². The van der Waals surface area contributed by atoms with Crippen LogP contribution in [-0.2, 0) is 6.54 Å². The quantitative estimate of drug-likeness (QED) is 0.575. The Hall–Kier alpha value is 0.350. The van der Waals surface area contributed by atoms with E-state index in [9.17, 15) is 4.39 Å². The molecule has 5 heteroatoms. The molecule has 1 aliphatic carbocycles. The molecule has 1 aliphatic rings. The van der Waals surface area contributed by atoms with Crippen molar-refractivity contribution in [1.82, 2.24) is 9.78 Å². The second-order valence-corrected chi connectivity index (χ2v) is 6.27. The van der Waals surface area contributed by atoms with Crippen LogP contribution < -0.4 is 0 Å². The van der Waals surface area contributed by atoms with Crippen LogP contribution in [0.3, 0.4) is 0 Å². The van der Waals surface area contributed by atoms with Gasteiger partial charge in [0.25, 0.3) is 0 Å². The van der Waals surface area contributed by atoms with Gasteiger partial charge in [-0.15, -0.1) is 0 Å². The van der Waals surface area contributed by atoms with Crippen molar-refractivity contribution < 1.29 is 4.39 Å². The molecular formula is C9H11BrFIN2. The summed E-state index contributed by atoms with van der Waals surface area (Å²) in [6, 6.07) is 0. The first-order chi connectivity index (χ1) is 6.65. The number of hydrogen-bond acceptors (Lipinski definition) is 1. The highest BCUT2D eigenvalue weighted by atomic mass is 127. The molecule has 0 radical (unpaired) electrons. The minimum atomic E-state index is -0.625. The molecule has 0 spiro atoms. The Morgan fingerprint density at radius 2 is 2.43 bits per heavy atom. The molecule has 1 unspecified atom stereocenters. The molecule has 14 heavy (non-hydrogen) atoms. The van der Waals surface area contributed by atoms with Gasteiger partial charge in [-0.25, -0.2) is 4.39 Å². The van der Waals surface area contributed by atoms with Gasteiger partial charge in [-0.1, -0.05) is 22.6 Å². The number of nitrogens with zero attached hydrogens (tertiary/aromatic N) is 2. The van der Waals surface area contributed by atoms with Crippen LogP contribution in [0.2, 0.25) is 0 Å². The average Bonchev–Trinajstić information content (AvgIpc) is 2.62. The Kier molecular flexibility index (Phi) is 3.46. The molecule has 1 aromatic heterocycles. The molecule has 1 aromatic rings. The van der Waals surface area contributed by atoms with Crippen LogP contribution in [0, 0.1) is 5.92 Å². The summed E-state index contributed by atoms with van der Waals surface area (Å²) in [5.41, 5.74) is 0. The van der Waals surface area contributed by atoms with Crippen molar-refractivity contribution in [1.29, 1.82) is 0 Å². The van der Waals surface area contributed by atoms with E-state index in [4.69, 9.17) is 0 Å². The lowest BCUT2D eigenvalue weighted by Gasteiger charge is -2.07. The summed E-state index contributed by atoms with van der Waals surface area (Å²) in [5.74, 6) is 0.443. The summed E-state index contributed by atoms with van der Waals surface area (Å²) in [6.45, 7) is 0.839. The molecule has 1 fully saturated rings. The van der Waals surface area contributed by atoms with Gasteiger partial charge in [0, 0.05) is 16.7 Å². The molecule has 0 N–H and O–H groups in total. The van der Waals surface area contributed by atoms with Crippen molar-refractivity contribution in [2.75, 3.05) is 0 Å². The summed E-state index contributed by atoms with van der Waals surface area (Å²) in [4.78, 5) is 0. The highest BCUT2D eigenvalue weighted by molar-refractivity contribution is 14.1. The predicted octanol–water partition coefficient (Wildman–Crippen LogP) is 3.20. The molecule has 0 aromatic carbocycles. The van der Waals surface area contributed by atoms with Gasteiger partial charge in [-0.3, -0.25) is 4.68 Å². The first-order valence-electron chi connectivity index (χ1n) is 4.61. The van der Waals surface area contributed by atoms with Crippen molar-refractivity contribution in [3.05, 3.63) is 16.9 Å². The van der Waals surface area contributed by atoms with Crippen LogP contribution in [0.1, 0.15) is 12.8 Å². The summed E-state index contributed by atoms with van der Waals surface area (Å²) >= 11 is 5.55. The highest BCUT2D eigenvalue weighted by Crippen LogP contribution is 2.34. The number of aromatic nitrogens is 2. The predicted molar refractivity (Wildman–Crippen MR) is 65.4 cm³/mol. The Morgan fingerprint density at radius 1 is 1.64 bits per heavy atom. The zero-order valence-corrected chi connectivity index (χ0v) is 11.3. The minimum absolute atomic E-state index is 0.191. The largest absolute Gasteiger partial charge is 0.271 e. The fourth-order valence-corrected chi connectivity index (χ4v) is 3.22. The molecule has 2 rings (SSSR count). The van der Waals surface area contributed by atoms with Crippen molar-refractivity contribution >= 4 is 38.5 Å². The van der Waals surface area contributed by atoms with Crippen LogP contribution in [0.15, 0.2) is 16.9 Å². The maximum Gasteiger partial charge on any atom is 0.112 e. The lowest BCUT2D eigenvalue weighted by molar-refractivity contribution is 0.327. The lowest BCUT2D eigenvalue weighted by Crippen LogP contribution is -2.08. The van der Waals surface area contributed by atoms with Gasteiger partial charge in [0.15, 0.2) is 0 Å². The molecule has 2 nitrogen and oxygen atoms in total. The van der Waals surface area contributed by atoms with Crippen LogP contribution in [0.25, 0.3) is 0 Å². The Balaban J connectivity index is 1.93. The normalized spacial score (nSPS) is 32.4. The zero-order chi connectivity index (χ0) is 10.1. The van der Waals surface area contributed by atoms with Gasteiger partial charge in [-0.05, 0) is 34.7 Å². The van der Waals surface area contributed by atoms with Crippen LogP contribution in [0.5, 0.6) is 0 Å². The summed E-state index contributed by atoms with van der Waals surface area (Å²) in [5, 5.41) is 4.17. The Morgan fingerprint density at radius 3 is 2.93 bits per heavy atom. The summed E-state index contributed by atoms with van der Waals surface area (Å²) in [7, 11) is 0. The number of rotatable bonds is 2. The fourth-order valence-electron chi connectivity index (χ4n) is 1.88.